The van der Waals surface area contributed by atoms with Crippen molar-refractivity contribution in [1.29, 1.82) is 0 Å². The number of sulfone groups is 1. The minimum absolute atomic E-state index is 0.0131. The average Bonchev–Trinajstić information content (AvgIpc) is 2.12. The molecule has 0 amide bonds. The second-order valence-electron chi connectivity index (χ2n) is 3.19. The summed E-state index contributed by atoms with van der Waals surface area (Å²) in [7, 11) is -3.62. The van der Waals surface area contributed by atoms with Crippen molar-refractivity contribution >= 4 is 21.4 Å². The number of alkyl halides is 3. The van der Waals surface area contributed by atoms with Crippen molar-refractivity contribution in [2.45, 2.75) is 6.36 Å². The molecule has 0 unspecified atom stereocenters. The predicted octanol–water partition coefficient (Wildman–Crippen LogP) is 2.59. The number of hydrogen-bond acceptors (Lipinski definition) is 3. The highest BCUT2D eigenvalue weighted by Crippen LogP contribution is 2.28. The van der Waals surface area contributed by atoms with E-state index in [4.69, 9.17) is 11.6 Å². The van der Waals surface area contributed by atoms with Crippen LogP contribution in [0.5, 0.6) is 5.75 Å². The van der Waals surface area contributed by atoms with Crippen molar-refractivity contribution in [3.63, 3.8) is 0 Å². The molecule has 0 saturated heterocycles. The van der Waals surface area contributed by atoms with Crippen LogP contribution in [0.3, 0.4) is 0 Å². The normalized spacial score (nSPS) is 11.6. The molecule has 0 aliphatic carbocycles. The van der Waals surface area contributed by atoms with E-state index in [2.05, 4.69) is 10.7 Å². The van der Waals surface area contributed by atoms with Gasteiger partial charge in [0.05, 0.1) is 11.8 Å². The maximum absolute atomic E-state index is 12.1. The second-order valence-corrected chi connectivity index (χ2v) is 5.37. The molecular formula is C10H6ClF3O3S. The largest absolute Gasteiger partial charge is 0.573 e. The van der Waals surface area contributed by atoms with Gasteiger partial charge in [0.1, 0.15) is 5.75 Å². The zero-order valence-electron chi connectivity index (χ0n) is 8.88. The Morgan fingerprint density at radius 3 is 2.44 bits per heavy atom. The van der Waals surface area contributed by atoms with E-state index >= 15 is 0 Å². The van der Waals surface area contributed by atoms with Crippen LogP contribution in [0, 0.1) is 11.2 Å². The molecule has 1 rings (SSSR count). The highest BCUT2D eigenvalue weighted by molar-refractivity contribution is 7.95. The summed E-state index contributed by atoms with van der Waals surface area (Å²) in [5.41, 5.74) is -0.220. The molecule has 0 N–H and O–H groups in total. The molecule has 0 radical (unpaired) electrons. The Labute approximate surface area is 106 Å². The highest BCUT2D eigenvalue weighted by atomic mass is 35.5. The molecule has 3 nitrogen and oxygen atoms in total. The van der Waals surface area contributed by atoms with Gasteiger partial charge >= 0.3 is 6.36 Å². The van der Waals surface area contributed by atoms with E-state index in [9.17, 15) is 21.6 Å². The molecule has 1 aromatic carbocycles. The Balaban J connectivity index is 3.23. The SMILES string of the molecule is CS(=O)(=O)C#Cc1ccc(Cl)cc1OC(F)(F)F. The quantitative estimate of drug-likeness (QED) is 0.749. The Hall–Kier alpha value is -1.39. The number of hydrogen-bond donors (Lipinski definition) is 0. The van der Waals surface area contributed by atoms with Crippen molar-refractivity contribution in [3.05, 3.63) is 28.8 Å². The zero-order chi connectivity index (χ0) is 14.0. The van der Waals surface area contributed by atoms with Crippen LogP contribution < -0.4 is 4.74 Å². The smallest absolute Gasteiger partial charge is 0.404 e. The van der Waals surface area contributed by atoms with Gasteiger partial charge in [0, 0.05) is 16.3 Å². The van der Waals surface area contributed by atoms with E-state index < -0.39 is 21.9 Å². The summed E-state index contributed by atoms with van der Waals surface area (Å²) < 4.78 is 61.6. The van der Waals surface area contributed by atoms with Crippen LogP contribution in [-0.2, 0) is 9.84 Å². The molecule has 1 aromatic rings. The van der Waals surface area contributed by atoms with Gasteiger partial charge in [-0.25, -0.2) is 8.42 Å². The topological polar surface area (TPSA) is 43.4 Å². The number of halogens is 4. The molecule has 0 atom stereocenters. The summed E-state index contributed by atoms with van der Waals surface area (Å²) in [5, 5.41) is 1.83. The van der Waals surface area contributed by atoms with Crippen LogP contribution in [0.1, 0.15) is 5.56 Å². The summed E-state index contributed by atoms with van der Waals surface area (Å²) in [6.07, 6.45) is -4.08. The van der Waals surface area contributed by atoms with Crippen molar-refractivity contribution in [2.24, 2.45) is 0 Å². The third-order valence-corrected chi connectivity index (χ3v) is 2.25. The predicted molar refractivity (Wildman–Crippen MR) is 59.9 cm³/mol. The highest BCUT2D eigenvalue weighted by Gasteiger charge is 2.32. The number of benzene rings is 1. The van der Waals surface area contributed by atoms with Crippen LogP contribution in [0.4, 0.5) is 13.2 Å². The first-order chi connectivity index (χ1) is 8.07. The van der Waals surface area contributed by atoms with E-state index in [1.165, 1.54) is 6.07 Å². The van der Waals surface area contributed by atoms with Gasteiger partial charge in [0.15, 0.2) is 0 Å². The molecule has 0 heterocycles. The van der Waals surface area contributed by atoms with Crippen molar-refractivity contribution in [3.8, 4) is 16.9 Å². The van der Waals surface area contributed by atoms with Gasteiger partial charge in [-0.1, -0.05) is 11.6 Å². The van der Waals surface area contributed by atoms with Crippen LogP contribution >= 0.6 is 11.6 Å². The molecule has 0 saturated carbocycles. The molecule has 0 aliphatic rings. The Kier molecular flexibility index (Phi) is 4.14. The van der Waals surface area contributed by atoms with Crippen LogP contribution in [0.25, 0.3) is 0 Å². The molecule has 18 heavy (non-hydrogen) atoms. The Morgan fingerprint density at radius 2 is 1.94 bits per heavy atom. The standard InChI is InChI=1S/C10H6ClF3O3S/c1-18(15,16)5-4-7-2-3-8(11)6-9(7)17-10(12,13)14/h2-3,6H,1H3. The first-order valence-electron chi connectivity index (χ1n) is 4.35. The fourth-order valence-corrected chi connectivity index (χ4v) is 1.41. The molecule has 98 valence electrons. The molecule has 0 spiro atoms. The lowest BCUT2D eigenvalue weighted by Gasteiger charge is -2.10. The van der Waals surface area contributed by atoms with E-state index in [-0.39, 0.29) is 10.6 Å². The number of rotatable bonds is 1. The molecule has 8 heteroatoms. The van der Waals surface area contributed by atoms with E-state index in [1.54, 1.807) is 0 Å². The Morgan fingerprint density at radius 1 is 1.33 bits per heavy atom. The Bertz CT molecular complexity index is 611. The molecule has 0 aromatic heterocycles. The maximum atomic E-state index is 12.1. The fraction of sp³-hybridized carbons (Fsp3) is 0.200. The molecule has 0 bridgehead atoms. The zero-order valence-corrected chi connectivity index (χ0v) is 10.4. The summed E-state index contributed by atoms with van der Waals surface area (Å²) >= 11 is 5.52. The third-order valence-electron chi connectivity index (χ3n) is 1.54. The van der Waals surface area contributed by atoms with Gasteiger partial charge in [0.25, 0.3) is 0 Å². The van der Waals surface area contributed by atoms with Crippen molar-refractivity contribution in [1.82, 2.24) is 0 Å². The first-order valence-corrected chi connectivity index (χ1v) is 6.62. The van der Waals surface area contributed by atoms with Gasteiger partial charge in [-0.2, -0.15) is 0 Å². The van der Waals surface area contributed by atoms with Gasteiger partial charge in [-0.15, -0.1) is 13.2 Å². The first kappa shape index (κ1) is 14.7. The molecular weight excluding hydrogens is 293 g/mol. The van der Waals surface area contributed by atoms with Crippen LogP contribution in [-0.4, -0.2) is 21.0 Å². The minimum Gasteiger partial charge on any atom is -0.404 e. The van der Waals surface area contributed by atoms with E-state index in [1.807, 2.05) is 5.25 Å². The van der Waals surface area contributed by atoms with Crippen molar-refractivity contribution in [2.75, 3.05) is 6.26 Å². The van der Waals surface area contributed by atoms with Gasteiger partial charge in [-0.3, -0.25) is 0 Å². The lowest BCUT2D eigenvalue weighted by molar-refractivity contribution is -0.274. The summed E-state index contributed by atoms with van der Waals surface area (Å²) in [5.74, 6) is 1.43. The lowest BCUT2D eigenvalue weighted by Crippen LogP contribution is -2.17. The summed E-state index contributed by atoms with van der Waals surface area (Å²) in [6, 6.07) is 3.32. The fourth-order valence-electron chi connectivity index (χ4n) is 0.956. The van der Waals surface area contributed by atoms with E-state index in [0.717, 1.165) is 18.4 Å². The minimum atomic E-state index is -4.91. The summed E-state index contributed by atoms with van der Waals surface area (Å²) in [6.45, 7) is 0. The van der Waals surface area contributed by atoms with E-state index in [0.29, 0.717) is 0 Å². The van der Waals surface area contributed by atoms with Gasteiger partial charge < -0.3 is 4.74 Å². The second kappa shape index (κ2) is 5.08. The number of ether oxygens (including phenoxy) is 1. The van der Waals surface area contributed by atoms with Crippen LogP contribution in [0.2, 0.25) is 5.02 Å². The van der Waals surface area contributed by atoms with Gasteiger partial charge in [0.2, 0.25) is 9.84 Å². The van der Waals surface area contributed by atoms with Gasteiger partial charge in [-0.05, 0) is 18.1 Å². The average molecular weight is 299 g/mol. The molecule has 0 fully saturated rings. The van der Waals surface area contributed by atoms with Crippen LogP contribution in [0.15, 0.2) is 18.2 Å². The maximum Gasteiger partial charge on any atom is 0.573 e. The monoisotopic (exact) mass is 298 g/mol. The molecule has 0 aliphatic heterocycles. The lowest BCUT2D eigenvalue weighted by atomic mass is 10.2. The van der Waals surface area contributed by atoms with Crippen molar-refractivity contribution < 1.29 is 26.3 Å². The summed E-state index contributed by atoms with van der Waals surface area (Å²) in [4.78, 5) is 0. The third kappa shape index (κ3) is 5.29.